The molecule has 0 amide bonds. The minimum absolute atomic E-state index is 0.0453. The van der Waals surface area contributed by atoms with Gasteiger partial charge in [0.1, 0.15) is 18.1 Å². The van der Waals surface area contributed by atoms with Crippen LogP contribution in [0, 0.1) is 23.2 Å². The van der Waals surface area contributed by atoms with Gasteiger partial charge in [-0.05, 0) is 68.4 Å². The molecule has 0 spiro atoms. The molecule has 1 heterocycles. The Balaban J connectivity index is 1.21. The molecule has 154 valence electrons. The molecular weight excluding hydrogens is 406 g/mol. The Kier molecular flexibility index (Phi) is 5.11. The Morgan fingerprint density at radius 2 is 1.83 bits per heavy atom. The van der Waals surface area contributed by atoms with Crippen LogP contribution in [-0.2, 0) is 18.4 Å². The standard InChI is InChI=1S/C22H26ClN3O2S/c1-26-20(12-28-18-5-3-2-4-17(18)23)24-25-21(26)29-13-19(27)22-9-14-6-15(10-22)8-16(7-14)11-22/h2-5,14-16H,6-13H2,1H3. The number of nitrogens with zero attached hydrogens (tertiary/aromatic N) is 3. The molecule has 4 aliphatic rings. The first-order valence-electron chi connectivity index (χ1n) is 10.4. The van der Waals surface area contributed by atoms with Gasteiger partial charge in [0.15, 0.2) is 11.0 Å². The number of thioether (sulfide) groups is 1. The predicted octanol–water partition coefficient (Wildman–Crippen LogP) is 4.93. The van der Waals surface area contributed by atoms with E-state index in [1.54, 1.807) is 6.07 Å². The van der Waals surface area contributed by atoms with Gasteiger partial charge in [0, 0.05) is 12.5 Å². The van der Waals surface area contributed by atoms with Crippen LogP contribution in [0.25, 0.3) is 0 Å². The van der Waals surface area contributed by atoms with E-state index in [0.29, 0.717) is 22.3 Å². The molecule has 0 atom stereocenters. The minimum atomic E-state index is -0.0453. The molecule has 1 aromatic carbocycles. The molecule has 4 aliphatic carbocycles. The SMILES string of the molecule is Cn1c(COc2ccccc2Cl)nnc1SCC(=O)C12CC3CC(CC(C3)C1)C2. The van der Waals surface area contributed by atoms with Gasteiger partial charge in [-0.3, -0.25) is 4.79 Å². The van der Waals surface area contributed by atoms with Gasteiger partial charge in [-0.1, -0.05) is 35.5 Å². The molecule has 4 bridgehead atoms. The molecule has 0 unspecified atom stereocenters. The molecule has 6 rings (SSSR count). The van der Waals surface area contributed by atoms with Crippen molar-refractivity contribution in [3.8, 4) is 5.75 Å². The summed E-state index contributed by atoms with van der Waals surface area (Å²) in [7, 11) is 1.92. The highest BCUT2D eigenvalue weighted by atomic mass is 35.5. The van der Waals surface area contributed by atoms with E-state index < -0.39 is 0 Å². The molecule has 0 aliphatic heterocycles. The summed E-state index contributed by atoms with van der Waals surface area (Å²) in [4.78, 5) is 13.2. The molecule has 1 aromatic heterocycles. The van der Waals surface area contributed by atoms with Gasteiger partial charge < -0.3 is 9.30 Å². The third-order valence-electron chi connectivity index (χ3n) is 7.08. The number of ether oxygens (including phenoxy) is 1. The Hall–Kier alpha value is -1.53. The fourth-order valence-electron chi connectivity index (χ4n) is 6.04. The Bertz CT molecular complexity index is 893. The number of hydrogen-bond acceptors (Lipinski definition) is 5. The fourth-order valence-corrected chi connectivity index (χ4v) is 7.19. The van der Waals surface area contributed by atoms with E-state index in [-0.39, 0.29) is 12.0 Å². The van der Waals surface area contributed by atoms with Crippen molar-refractivity contribution < 1.29 is 9.53 Å². The topological polar surface area (TPSA) is 57.0 Å². The highest BCUT2D eigenvalue weighted by Crippen LogP contribution is 2.60. The summed E-state index contributed by atoms with van der Waals surface area (Å²) in [6, 6.07) is 7.38. The van der Waals surface area contributed by atoms with Crippen LogP contribution in [0.3, 0.4) is 0 Å². The van der Waals surface area contributed by atoms with Crippen molar-refractivity contribution >= 4 is 29.1 Å². The lowest BCUT2D eigenvalue weighted by molar-refractivity contribution is -0.141. The summed E-state index contributed by atoms with van der Waals surface area (Å²) in [6.45, 7) is 0.288. The van der Waals surface area contributed by atoms with E-state index >= 15 is 0 Å². The lowest BCUT2D eigenvalue weighted by Crippen LogP contribution is -2.50. The van der Waals surface area contributed by atoms with Gasteiger partial charge in [-0.15, -0.1) is 10.2 Å². The van der Waals surface area contributed by atoms with Crippen molar-refractivity contribution in [2.45, 2.75) is 50.3 Å². The summed E-state index contributed by atoms with van der Waals surface area (Å²) in [5.41, 5.74) is -0.0453. The van der Waals surface area contributed by atoms with Gasteiger partial charge in [-0.25, -0.2) is 0 Å². The number of ketones is 1. The maximum absolute atomic E-state index is 13.2. The average molecular weight is 432 g/mol. The molecule has 2 aromatic rings. The van der Waals surface area contributed by atoms with E-state index in [1.807, 2.05) is 29.8 Å². The number of Topliss-reactive ketones (excluding diaryl/α,β-unsaturated/α-hetero) is 1. The quantitative estimate of drug-likeness (QED) is 0.582. The zero-order valence-electron chi connectivity index (χ0n) is 16.6. The smallest absolute Gasteiger partial charge is 0.191 e. The Morgan fingerprint density at radius 3 is 2.48 bits per heavy atom. The summed E-state index contributed by atoms with van der Waals surface area (Å²) in [5, 5.41) is 9.86. The number of halogens is 1. The van der Waals surface area contributed by atoms with Gasteiger partial charge in [0.05, 0.1) is 10.8 Å². The van der Waals surface area contributed by atoms with Crippen LogP contribution >= 0.6 is 23.4 Å². The van der Waals surface area contributed by atoms with Crippen molar-refractivity contribution in [2.75, 3.05) is 5.75 Å². The molecule has 0 saturated heterocycles. The average Bonchev–Trinajstić information content (AvgIpc) is 3.04. The number of rotatable bonds is 7. The van der Waals surface area contributed by atoms with Crippen molar-refractivity contribution in [1.82, 2.24) is 14.8 Å². The van der Waals surface area contributed by atoms with E-state index in [2.05, 4.69) is 10.2 Å². The highest BCUT2D eigenvalue weighted by Gasteiger charge is 2.54. The highest BCUT2D eigenvalue weighted by molar-refractivity contribution is 7.99. The number of benzene rings is 1. The lowest BCUT2D eigenvalue weighted by Gasteiger charge is -2.56. The van der Waals surface area contributed by atoms with Crippen LogP contribution in [0.4, 0.5) is 0 Å². The number of hydrogen-bond donors (Lipinski definition) is 0. The molecule has 7 heteroatoms. The normalized spacial score (nSPS) is 29.9. The summed E-state index contributed by atoms with van der Waals surface area (Å²) in [6.07, 6.45) is 7.43. The third-order valence-corrected chi connectivity index (χ3v) is 8.41. The number of para-hydroxylation sites is 1. The molecule has 5 nitrogen and oxygen atoms in total. The number of aromatic nitrogens is 3. The molecule has 29 heavy (non-hydrogen) atoms. The maximum Gasteiger partial charge on any atom is 0.191 e. The van der Waals surface area contributed by atoms with E-state index in [4.69, 9.17) is 16.3 Å². The van der Waals surface area contributed by atoms with Crippen LogP contribution in [0.5, 0.6) is 5.75 Å². The van der Waals surface area contributed by atoms with Crippen LogP contribution in [0.2, 0.25) is 5.02 Å². The van der Waals surface area contributed by atoms with Gasteiger partial charge in [0.2, 0.25) is 0 Å². The zero-order valence-corrected chi connectivity index (χ0v) is 18.2. The zero-order chi connectivity index (χ0) is 20.0. The largest absolute Gasteiger partial charge is 0.484 e. The Labute approximate surface area is 180 Å². The lowest BCUT2D eigenvalue weighted by atomic mass is 9.48. The van der Waals surface area contributed by atoms with Gasteiger partial charge in [-0.2, -0.15) is 0 Å². The Morgan fingerprint density at radius 1 is 1.17 bits per heavy atom. The minimum Gasteiger partial charge on any atom is -0.484 e. The predicted molar refractivity (Wildman–Crippen MR) is 113 cm³/mol. The van der Waals surface area contributed by atoms with Crippen molar-refractivity contribution in [3.63, 3.8) is 0 Å². The summed E-state index contributed by atoms with van der Waals surface area (Å²) >= 11 is 7.65. The molecule has 4 fully saturated rings. The van der Waals surface area contributed by atoms with Crippen LogP contribution < -0.4 is 4.74 Å². The van der Waals surface area contributed by atoms with Crippen molar-refractivity contribution in [3.05, 3.63) is 35.1 Å². The molecular formula is C22H26ClN3O2S. The molecule has 0 radical (unpaired) electrons. The summed E-state index contributed by atoms with van der Waals surface area (Å²) in [5.74, 6) is 4.64. The van der Waals surface area contributed by atoms with E-state index in [1.165, 1.54) is 31.0 Å². The number of carbonyl (C=O) groups is 1. The maximum atomic E-state index is 13.2. The van der Waals surface area contributed by atoms with Crippen LogP contribution in [-0.4, -0.2) is 26.3 Å². The summed E-state index contributed by atoms with van der Waals surface area (Å²) < 4.78 is 7.69. The fraction of sp³-hybridized carbons (Fsp3) is 0.591. The van der Waals surface area contributed by atoms with E-state index in [0.717, 1.165) is 48.0 Å². The second-order valence-corrected chi connectivity index (χ2v) is 10.4. The van der Waals surface area contributed by atoms with Crippen LogP contribution in [0.15, 0.2) is 29.4 Å². The van der Waals surface area contributed by atoms with Crippen LogP contribution in [0.1, 0.15) is 44.3 Å². The molecule has 4 saturated carbocycles. The second kappa shape index (κ2) is 7.62. The monoisotopic (exact) mass is 431 g/mol. The van der Waals surface area contributed by atoms with E-state index in [9.17, 15) is 4.79 Å². The van der Waals surface area contributed by atoms with Crippen molar-refractivity contribution in [1.29, 1.82) is 0 Å². The first-order valence-corrected chi connectivity index (χ1v) is 11.8. The first-order chi connectivity index (χ1) is 14.0. The number of carbonyl (C=O) groups excluding carboxylic acids is 1. The van der Waals surface area contributed by atoms with Gasteiger partial charge in [0.25, 0.3) is 0 Å². The van der Waals surface area contributed by atoms with Gasteiger partial charge >= 0.3 is 0 Å². The third kappa shape index (κ3) is 3.70. The first kappa shape index (κ1) is 19.4. The van der Waals surface area contributed by atoms with Crippen molar-refractivity contribution in [2.24, 2.45) is 30.2 Å². The second-order valence-electron chi connectivity index (χ2n) is 9.09. The molecule has 0 N–H and O–H groups in total.